The summed E-state index contributed by atoms with van der Waals surface area (Å²) in [5.41, 5.74) is 4.26. The Bertz CT molecular complexity index is 1410. The van der Waals surface area contributed by atoms with Crippen LogP contribution in [0, 0.1) is 0 Å². The van der Waals surface area contributed by atoms with Crippen LogP contribution in [-0.2, 0) is 21.3 Å². The van der Waals surface area contributed by atoms with Crippen molar-refractivity contribution in [2.75, 3.05) is 24.8 Å². The normalized spacial score (nSPS) is 11.1. The Morgan fingerprint density at radius 3 is 2.35 bits per heavy atom. The van der Waals surface area contributed by atoms with E-state index < -0.39 is 22.1 Å². The molecular weight excluding hydrogens is 522 g/mol. The summed E-state index contributed by atoms with van der Waals surface area (Å²) in [5.74, 6) is -0.0748. The summed E-state index contributed by atoms with van der Waals surface area (Å²) in [5, 5.41) is 4.38. The van der Waals surface area contributed by atoms with Crippen LogP contribution in [0.25, 0.3) is 0 Å². The van der Waals surface area contributed by atoms with E-state index in [-0.39, 0.29) is 23.6 Å². The molecule has 0 aliphatic heterocycles. The molecule has 37 heavy (non-hydrogen) atoms. The van der Waals surface area contributed by atoms with E-state index in [0.717, 1.165) is 6.26 Å². The van der Waals surface area contributed by atoms with E-state index in [4.69, 9.17) is 21.1 Å². The Balaban J connectivity index is 1.69. The monoisotopic (exact) mass is 545 g/mol. The molecule has 0 radical (unpaired) electrons. The topological polar surface area (TPSA) is 124 Å². The number of anilines is 1. The number of hydrogen-bond acceptors (Lipinski definition) is 8. The van der Waals surface area contributed by atoms with Gasteiger partial charge in [-0.3, -0.25) is 9.10 Å². The number of carbonyl (C=O) groups excluding carboxylic acids is 2. The fourth-order valence-electron chi connectivity index (χ4n) is 3.17. The average Bonchev–Trinajstić information content (AvgIpc) is 2.88. The lowest BCUT2D eigenvalue weighted by atomic mass is 10.2. The first kappa shape index (κ1) is 27.5. The molecule has 0 unspecified atom stereocenters. The molecule has 0 aliphatic carbocycles. The van der Waals surface area contributed by atoms with E-state index in [0.29, 0.717) is 21.8 Å². The van der Waals surface area contributed by atoms with E-state index in [2.05, 4.69) is 15.3 Å². The summed E-state index contributed by atoms with van der Waals surface area (Å²) in [6, 6.07) is 17.7. The molecule has 0 aliphatic rings. The first-order valence-electron chi connectivity index (χ1n) is 10.7. The highest BCUT2D eigenvalue weighted by molar-refractivity contribution is 7.92. The van der Waals surface area contributed by atoms with Gasteiger partial charge in [0, 0.05) is 10.6 Å². The van der Waals surface area contributed by atoms with Gasteiger partial charge >= 0.3 is 6.16 Å². The Hall–Kier alpha value is -4.09. The summed E-state index contributed by atoms with van der Waals surface area (Å²) in [7, 11) is -1.03. The van der Waals surface area contributed by atoms with Crippen molar-refractivity contribution < 1.29 is 32.2 Å². The minimum Gasteiger partial charge on any atom is -0.493 e. The second-order valence-corrected chi connectivity index (χ2v) is 9.89. The highest BCUT2D eigenvalue weighted by atomic mass is 35.5. The minimum atomic E-state index is -3.62. The van der Waals surface area contributed by atoms with Crippen LogP contribution in [0.5, 0.6) is 11.5 Å². The molecule has 0 saturated heterocycles. The molecule has 0 aromatic heterocycles. The molecule has 10 nitrogen and oxygen atoms in total. The van der Waals surface area contributed by atoms with Crippen molar-refractivity contribution in [1.82, 2.24) is 5.43 Å². The Morgan fingerprint density at radius 2 is 1.73 bits per heavy atom. The number of hydrazone groups is 1. The zero-order valence-electron chi connectivity index (χ0n) is 20.2. The SMILES string of the molecule is COC(=O)Oc1ccc(/C=N\NC(=O)c2ccc(N(Cc3ccccc3Cl)S(C)(=O)=O)cc2)cc1OC. The van der Waals surface area contributed by atoms with Crippen molar-refractivity contribution in [1.29, 1.82) is 0 Å². The van der Waals surface area contributed by atoms with Gasteiger partial charge in [0.1, 0.15) is 0 Å². The maximum atomic E-state index is 12.5. The zero-order chi connectivity index (χ0) is 27.0. The molecular formula is C25H24ClN3O7S. The first-order valence-corrected chi connectivity index (χ1v) is 12.9. The third-order valence-electron chi connectivity index (χ3n) is 5.02. The third-order valence-corrected chi connectivity index (χ3v) is 6.53. The van der Waals surface area contributed by atoms with Crippen LogP contribution in [0.4, 0.5) is 10.5 Å². The van der Waals surface area contributed by atoms with Crippen LogP contribution in [0.2, 0.25) is 5.02 Å². The molecule has 0 spiro atoms. The van der Waals surface area contributed by atoms with Crippen LogP contribution in [0.1, 0.15) is 21.5 Å². The van der Waals surface area contributed by atoms with E-state index in [1.54, 1.807) is 36.4 Å². The van der Waals surface area contributed by atoms with Crippen LogP contribution in [-0.4, -0.2) is 47.2 Å². The molecule has 0 fully saturated rings. The number of sulfonamides is 1. The van der Waals surface area contributed by atoms with Crippen molar-refractivity contribution in [3.05, 3.63) is 88.4 Å². The van der Waals surface area contributed by atoms with Gasteiger partial charge in [-0.05, 0) is 59.7 Å². The minimum absolute atomic E-state index is 0.0429. The maximum absolute atomic E-state index is 12.5. The van der Waals surface area contributed by atoms with Gasteiger partial charge in [0.05, 0.1) is 38.9 Å². The van der Waals surface area contributed by atoms with Crippen molar-refractivity contribution in [3.63, 3.8) is 0 Å². The number of hydrogen-bond donors (Lipinski definition) is 1. The molecule has 3 aromatic carbocycles. The summed E-state index contributed by atoms with van der Waals surface area (Å²) < 4.78 is 40.7. The third kappa shape index (κ3) is 7.45. The Kier molecular flexibility index (Phi) is 9.10. The number of nitrogens with one attached hydrogen (secondary N) is 1. The molecule has 194 valence electrons. The number of halogens is 1. The van der Waals surface area contributed by atoms with Crippen molar-refractivity contribution >= 4 is 45.6 Å². The number of nitrogens with zero attached hydrogens (tertiary/aromatic N) is 2. The van der Waals surface area contributed by atoms with Gasteiger partial charge in [-0.1, -0.05) is 29.8 Å². The number of ether oxygens (including phenoxy) is 3. The van der Waals surface area contributed by atoms with Crippen LogP contribution in [0.15, 0.2) is 71.8 Å². The molecule has 1 N–H and O–H groups in total. The molecule has 1 amide bonds. The fraction of sp³-hybridized carbons (Fsp3) is 0.160. The highest BCUT2D eigenvalue weighted by Gasteiger charge is 2.19. The summed E-state index contributed by atoms with van der Waals surface area (Å²) in [6.45, 7) is 0.0429. The van der Waals surface area contributed by atoms with E-state index >= 15 is 0 Å². The van der Waals surface area contributed by atoms with Crippen molar-refractivity contribution in [2.24, 2.45) is 5.10 Å². The van der Waals surface area contributed by atoms with Gasteiger partial charge in [-0.15, -0.1) is 0 Å². The van der Waals surface area contributed by atoms with Gasteiger partial charge in [-0.2, -0.15) is 5.10 Å². The molecule has 0 atom stereocenters. The van der Waals surface area contributed by atoms with E-state index in [1.165, 1.54) is 55.1 Å². The standard InChI is InChI=1S/C25H24ClN3O7S/c1-34-23-14-17(8-13-22(23)36-25(31)35-2)15-27-28-24(30)18-9-11-20(12-10-18)29(37(3,32)33)16-19-6-4-5-7-21(19)26/h4-15H,16H2,1-3H3,(H,28,30)/b27-15-. The number of carbonyl (C=O) groups is 2. The second-order valence-electron chi connectivity index (χ2n) is 7.57. The number of benzene rings is 3. The lowest BCUT2D eigenvalue weighted by molar-refractivity contribution is 0.0955. The van der Waals surface area contributed by atoms with Gasteiger partial charge in [-0.25, -0.2) is 18.6 Å². The lowest BCUT2D eigenvalue weighted by Crippen LogP contribution is -2.29. The summed E-state index contributed by atoms with van der Waals surface area (Å²) in [4.78, 5) is 23.8. The number of rotatable bonds is 9. The predicted molar refractivity (Wildman–Crippen MR) is 140 cm³/mol. The number of methoxy groups -OCH3 is 2. The van der Waals surface area contributed by atoms with Gasteiger partial charge in [0.2, 0.25) is 10.0 Å². The van der Waals surface area contributed by atoms with Crippen molar-refractivity contribution in [3.8, 4) is 11.5 Å². The molecule has 3 rings (SSSR count). The highest BCUT2D eigenvalue weighted by Crippen LogP contribution is 2.28. The van der Waals surface area contributed by atoms with Crippen molar-refractivity contribution in [2.45, 2.75) is 6.54 Å². The van der Waals surface area contributed by atoms with E-state index in [1.807, 2.05) is 0 Å². The van der Waals surface area contributed by atoms with E-state index in [9.17, 15) is 18.0 Å². The maximum Gasteiger partial charge on any atom is 0.513 e. The van der Waals surface area contributed by atoms with Gasteiger partial charge < -0.3 is 14.2 Å². The molecule has 12 heteroatoms. The molecule has 0 bridgehead atoms. The number of amides is 1. The largest absolute Gasteiger partial charge is 0.513 e. The van der Waals surface area contributed by atoms with Gasteiger partial charge in [0.25, 0.3) is 5.91 Å². The quantitative estimate of drug-likeness (QED) is 0.185. The van der Waals surface area contributed by atoms with Crippen LogP contribution >= 0.6 is 11.6 Å². The second kappa shape index (κ2) is 12.2. The summed E-state index contributed by atoms with van der Waals surface area (Å²) >= 11 is 6.20. The van der Waals surface area contributed by atoms with Crippen LogP contribution in [0.3, 0.4) is 0 Å². The zero-order valence-corrected chi connectivity index (χ0v) is 21.7. The van der Waals surface area contributed by atoms with Crippen LogP contribution < -0.4 is 19.2 Å². The van der Waals surface area contributed by atoms with Gasteiger partial charge in [0.15, 0.2) is 11.5 Å². The Labute approximate surface area is 219 Å². The molecule has 3 aromatic rings. The Morgan fingerprint density at radius 1 is 1.03 bits per heavy atom. The first-order chi connectivity index (χ1) is 17.6. The molecule has 0 saturated carbocycles. The lowest BCUT2D eigenvalue weighted by Gasteiger charge is -2.23. The summed E-state index contributed by atoms with van der Waals surface area (Å²) in [6.07, 6.45) is 1.59. The average molecular weight is 546 g/mol. The molecule has 0 heterocycles. The fourth-order valence-corrected chi connectivity index (χ4v) is 4.24. The smallest absolute Gasteiger partial charge is 0.493 e. The predicted octanol–water partition coefficient (Wildman–Crippen LogP) is 4.22.